The first-order valence-electron chi connectivity index (χ1n) is 11.1. The third-order valence-corrected chi connectivity index (χ3v) is 5.50. The van der Waals surface area contributed by atoms with Crippen molar-refractivity contribution in [2.24, 2.45) is 5.10 Å². The van der Waals surface area contributed by atoms with E-state index in [4.69, 9.17) is 32.7 Å². The number of esters is 1. The normalized spacial score (nSPS) is 10.9. The molecule has 0 heterocycles. The maximum Gasteiger partial charge on any atom is 0.345 e. The summed E-state index contributed by atoms with van der Waals surface area (Å²) < 4.78 is 10.7. The second-order valence-electron chi connectivity index (χ2n) is 7.59. The van der Waals surface area contributed by atoms with Gasteiger partial charge in [-0.05, 0) is 48.4 Å². The number of halogens is 2. The van der Waals surface area contributed by atoms with Crippen LogP contribution in [-0.4, -0.2) is 25.2 Å². The molecule has 0 spiro atoms. The number of hydrogen-bond acceptors (Lipinski definition) is 5. The van der Waals surface area contributed by atoms with Crippen molar-refractivity contribution in [1.82, 2.24) is 5.43 Å². The van der Waals surface area contributed by atoms with Gasteiger partial charge in [0.25, 0.3) is 0 Å². The molecule has 2 aromatic carbocycles. The molecule has 8 heteroatoms. The number of nitrogens with zero attached hydrogens (tertiary/aromatic N) is 1. The second-order valence-corrected chi connectivity index (χ2v) is 8.43. The predicted molar refractivity (Wildman–Crippen MR) is 133 cm³/mol. The molecule has 0 aliphatic heterocycles. The van der Waals surface area contributed by atoms with Gasteiger partial charge in [-0.3, -0.25) is 4.79 Å². The van der Waals surface area contributed by atoms with Gasteiger partial charge in [0.2, 0.25) is 5.91 Å². The molecular formula is C25H30Cl2N2O4. The molecule has 0 saturated carbocycles. The van der Waals surface area contributed by atoms with Crippen LogP contribution >= 0.6 is 23.2 Å². The van der Waals surface area contributed by atoms with E-state index in [1.807, 2.05) is 0 Å². The fourth-order valence-electron chi connectivity index (χ4n) is 3.14. The number of carbonyl (C=O) groups is 2. The highest BCUT2D eigenvalue weighted by atomic mass is 35.5. The van der Waals surface area contributed by atoms with Crippen molar-refractivity contribution >= 4 is 41.3 Å². The van der Waals surface area contributed by atoms with Gasteiger partial charge in [-0.1, -0.05) is 68.7 Å². The van der Waals surface area contributed by atoms with Crippen molar-refractivity contribution in [2.45, 2.75) is 58.3 Å². The van der Waals surface area contributed by atoms with Gasteiger partial charge in [0.05, 0.1) is 23.9 Å². The Labute approximate surface area is 205 Å². The molecule has 0 aliphatic rings. The number of hydrogen-bond donors (Lipinski definition) is 1. The number of rotatable bonds is 13. The van der Waals surface area contributed by atoms with Crippen LogP contribution in [-0.2, 0) is 4.79 Å². The lowest BCUT2D eigenvalue weighted by Crippen LogP contribution is -2.16. The van der Waals surface area contributed by atoms with E-state index in [2.05, 4.69) is 17.5 Å². The SMILES string of the molecule is CCCCCCCCCC(=O)N/N=C\c1ccc(OC(=O)c2ccc(Cl)cc2Cl)c(OC)c1. The minimum Gasteiger partial charge on any atom is -0.493 e. The Balaban J connectivity index is 1.85. The highest BCUT2D eigenvalue weighted by Gasteiger charge is 2.16. The number of unbranched alkanes of at least 4 members (excludes halogenated alkanes) is 6. The van der Waals surface area contributed by atoms with E-state index in [1.165, 1.54) is 51.1 Å². The van der Waals surface area contributed by atoms with E-state index in [0.717, 1.165) is 19.3 Å². The van der Waals surface area contributed by atoms with Gasteiger partial charge in [0, 0.05) is 11.4 Å². The van der Waals surface area contributed by atoms with Gasteiger partial charge < -0.3 is 9.47 Å². The Kier molecular flexibility index (Phi) is 11.8. The third-order valence-electron chi connectivity index (χ3n) is 4.95. The Morgan fingerprint density at radius 3 is 2.39 bits per heavy atom. The van der Waals surface area contributed by atoms with Crippen LogP contribution < -0.4 is 14.9 Å². The Morgan fingerprint density at radius 1 is 0.970 bits per heavy atom. The zero-order chi connectivity index (χ0) is 24.1. The van der Waals surface area contributed by atoms with Crippen molar-refractivity contribution in [2.75, 3.05) is 7.11 Å². The van der Waals surface area contributed by atoms with E-state index in [1.54, 1.807) is 24.3 Å². The maximum atomic E-state index is 12.4. The summed E-state index contributed by atoms with van der Waals surface area (Å²) in [5, 5.41) is 4.62. The molecule has 0 aromatic heterocycles. The van der Waals surface area contributed by atoms with Gasteiger partial charge in [0.1, 0.15) is 0 Å². The molecule has 0 saturated heterocycles. The van der Waals surface area contributed by atoms with E-state index in [9.17, 15) is 9.59 Å². The number of carbonyl (C=O) groups excluding carboxylic acids is 2. The Hall–Kier alpha value is -2.57. The number of ether oxygens (including phenoxy) is 2. The van der Waals surface area contributed by atoms with E-state index in [-0.39, 0.29) is 22.2 Å². The summed E-state index contributed by atoms with van der Waals surface area (Å²) in [4.78, 5) is 24.4. The summed E-state index contributed by atoms with van der Waals surface area (Å²) in [6, 6.07) is 9.46. The van der Waals surface area contributed by atoms with E-state index >= 15 is 0 Å². The van der Waals surface area contributed by atoms with Crippen molar-refractivity contribution < 1.29 is 19.1 Å². The van der Waals surface area contributed by atoms with Crippen molar-refractivity contribution in [1.29, 1.82) is 0 Å². The lowest BCUT2D eigenvalue weighted by Gasteiger charge is -2.10. The Morgan fingerprint density at radius 2 is 1.70 bits per heavy atom. The van der Waals surface area contributed by atoms with Gasteiger partial charge >= 0.3 is 5.97 Å². The molecular weight excluding hydrogens is 463 g/mol. The number of methoxy groups -OCH3 is 1. The quantitative estimate of drug-likeness (QED) is 0.109. The number of nitrogens with one attached hydrogen (secondary N) is 1. The molecule has 2 aromatic rings. The first kappa shape index (κ1) is 26.7. The summed E-state index contributed by atoms with van der Waals surface area (Å²) in [7, 11) is 1.47. The van der Waals surface area contributed by atoms with Crippen LogP contribution in [0.1, 0.15) is 74.2 Å². The molecule has 1 N–H and O–H groups in total. The minimum atomic E-state index is -0.631. The fraction of sp³-hybridized carbons (Fsp3) is 0.400. The fourth-order valence-corrected chi connectivity index (χ4v) is 3.62. The molecule has 0 atom stereocenters. The molecule has 33 heavy (non-hydrogen) atoms. The molecule has 0 unspecified atom stereocenters. The standard InChI is InChI=1S/C25H30Cl2N2O4/c1-3-4-5-6-7-8-9-10-24(30)29-28-17-18-11-14-22(23(15-18)32-2)33-25(31)20-13-12-19(26)16-21(20)27/h11-17H,3-10H2,1-2H3,(H,29,30)/b28-17-. The summed E-state index contributed by atoms with van der Waals surface area (Å²) in [5.74, 6) is -0.174. The topological polar surface area (TPSA) is 77.0 Å². The van der Waals surface area contributed by atoms with Gasteiger partial charge in [-0.25, -0.2) is 10.2 Å². The summed E-state index contributed by atoms with van der Waals surface area (Å²) >= 11 is 11.9. The second kappa shape index (κ2) is 14.6. The highest BCUT2D eigenvalue weighted by Crippen LogP contribution is 2.30. The molecule has 0 aliphatic carbocycles. The Bertz CT molecular complexity index is 963. The summed E-state index contributed by atoms with van der Waals surface area (Å²) in [5.41, 5.74) is 3.40. The van der Waals surface area contributed by atoms with Gasteiger partial charge in [-0.15, -0.1) is 0 Å². The molecule has 0 radical (unpaired) electrons. The lowest BCUT2D eigenvalue weighted by molar-refractivity contribution is -0.121. The number of benzene rings is 2. The molecule has 6 nitrogen and oxygen atoms in total. The zero-order valence-corrected chi connectivity index (χ0v) is 20.5. The smallest absolute Gasteiger partial charge is 0.345 e. The van der Waals surface area contributed by atoms with Crippen LogP contribution in [0, 0.1) is 0 Å². The monoisotopic (exact) mass is 492 g/mol. The average molecular weight is 493 g/mol. The average Bonchev–Trinajstić information content (AvgIpc) is 2.79. The molecule has 0 fully saturated rings. The minimum absolute atomic E-state index is 0.114. The van der Waals surface area contributed by atoms with Gasteiger partial charge in [-0.2, -0.15) is 5.10 Å². The molecule has 0 bridgehead atoms. The van der Waals surface area contributed by atoms with Crippen LogP contribution in [0.25, 0.3) is 0 Å². The molecule has 178 valence electrons. The number of hydrazone groups is 1. The van der Waals surface area contributed by atoms with Crippen LogP contribution in [0.4, 0.5) is 0 Å². The summed E-state index contributed by atoms with van der Waals surface area (Å²) in [6.45, 7) is 2.20. The largest absolute Gasteiger partial charge is 0.493 e. The first-order valence-corrected chi connectivity index (χ1v) is 11.9. The van der Waals surface area contributed by atoms with E-state index in [0.29, 0.717) is 22.8 Å². The van der Waals surface area contributed by atoms with Crippen LogP contribution in [0.5, 0.6) is 11.5 Å². The first-order chi connectivity index (χ1) is 15.9. The van der Waals surface area contributed by atoms with Crippen LogP contribution in [0.2, 0.25) is 10.0 Å². The number of amides is 1. The molecule has 2 rings (SSSR count). The predicted octanol–water partition coefficient (Wildman–Crippen LogP) is 6.81. The van der Waals surface area contributed by atoms with Crippen molar-refractivity contribution in [3.05, 3.63) is 57.6 Å². The highest BCUT2D eigenvalue weighted by molar-refractivity contribution is 6.36. The van der Waals surface area contributed by atoms with Crippen molar-refractivity contribution in [3.63, 3.8) is 0 Å². The lowest BCUT2D eigenvalue weighted by atomic mass is 10.1. The maximum absolute atomic E-state index is 12.4. The van der Waals surface area contributed by atoms with E-state index < -0.39 is 5.97 Å². The summed E-state index contributed by atoms with van der Waals surface area (Å²) in [6.07, 6.45) is 10.1. The van der Waals surface area contributed by atoms with Crippen LogP contribution in [0.3, 0.4) is 0 Å². The zero-order valence-electron chi connectivity index (χ0n) is 19.0. The molecule has 1 amide bonds. The van der Waals surface area contributed by atoms with Crippen LogP contribution in [0.15, 0.2) is 41.5 Å². The van der Waals surface area contributed by atoms with Crippen molar-refractivity contribution in [3.8, 4) is 11.5 Å². The van der Waals surface area contributed by atoms with Gasteiger partial charge in [0.15, 0.2) is 11.5 Å². The third kappa shape index (κ3) is 9.44.